The molecule has 1 aromatic rings. The first-order valence-electron chi connectivity index (χ1n) is 3.63. The van der Waals surface area contributed by atoms with E-state index in [0.29, 0.717) is 18.2 Å². The average molecular weight is 168 g/mol. The minimum absolute atomic E-state index is 0.0634. The minimum atomic E-state index is -0.0634. The number of imidazole rings is 1. The van der Waals surface area contributed by atoms with Crippen molar-refractivity contribution in [2.45, 2.75) is 6.92 Å². The minimum Gasteiger partial charge on any atom is -0.357 e. The Hall–Kier alpha value is -1.36. The zero-order valence-electron chi connectivity index (χ0n) is 7.16. The summed E-state index contributed by atoms with van der Waals surface area (Å²) in [7, 11) is 1.80. The third kappa shape index (κ3) is 1.45. The van der Waals surface area contributed by atoms with E-state index in [1.807, 2.05) is 0 Å². The van der Waals surface area contributed by atoms with Crippen LogP contribution in [0.4, 0.5) is 5.82 Å². The summed E-state index contributed by atoms with van der Waals surface area (Å²) in [5, 5.41) is 2.86. The largest absolute Gasteiger partial charge is 0.357 e. The highest BCUT2D eigenvalue weighted by Gasteiger charge is 2.11. The number of aryl methyl sites for hydroxylation is 1. The van der Waals surface area contributed by atoms with Crippen LogP contribution in [0.2, 0.25) is 0 Å². The second-order valence-electron chi connectivity index (χ2n) is 2.49. The summed E-state index contributed by atoms with van der Waals surface area (Å²) >= 11 is 0. The highest BCUT2D eigenvalue weighted by Crippen LogP contribution is 2.12. The van der Waals surface area contributed by atoms with Crippen molar-refractivity contribution in [2.75, 3.05) is 12.0 Å². The van der Waals surface area contributed by atoms with Crippen molar-refractivity contribution in [3.8, 4) is 0 Å². The Balaban J connectivity index is 3.03. The Labute approximate surface area is 70.6 Å². The van der Waals surface area contributed by atoms with E-state index in [2.05, 4.69) is 10.3 Å². The number of carbonyl (C=O) groups excluding carboxylic acids is 1. The molecule has 0 aliphatic carbocycles. The van der Waals surface area contributed by atoms with Crippen molar-refractivity contribution in [3.05, 3.63) is 12.0 Å². The molecule has 3 N–H and O–H groups in total. The molecule has 1 heterocycles. The second-order valence-corrected chi connectivity index (χ2v) is 2.49. The number of hydrogen-bond donors (Lipinski definition) is 2. The fraction of sp³-hybridized carbons (Fsp3) is 0.429. The molecule has 0 saturated heterocycles. The third-order valence-corrected chi connectivity index (χ3v) is 1.54. The van der Waals surface area contributed by atoms with E-state index in [9.17, 15) is 4.79 Å². The van der Waals surface area contributed by atoms with E-state index in [0.717, 1.165) is 0 Å². The molecule has 0 amide bonds. The summed E-state index contributed by atoms with van der Waals surface area (Å²) in [4.78, 5) is 14.9. The van der Waals surface area contributed by atoms with Gasteiger partial charge in [0.2, 0.25) is 0 Å². The van der Waals surface area contributed by atoms with Gasteiger partial charge in [0.25, 0.3) is 0 Å². The molecule has 12 heavy (non-hydrogen) atoms. The molecule has 0 aliphatic heterocycles. The molecule has 0 saturated carbocycles. The van der Waals surface area contributed by atoms with Crippen LogP contribution >= 0.6 is 0 Å². The van der Waals surface area contributed by atoms with Gasteiger partial charge in [0, 0.05) is 14.0 Å². The first-order chi connectivity index (χ1) is 5.66. The Morgan fingerprint density at radius 1 is 1.83 bits per heavy atom. The highest BCUT2D eigenvalue weighted by molar-refractivity contribution is 5.96. The Bertz CT molecular complexity index is 292. The number of carbonyl (C=O) groups is 1. The van der Waals surface area contributed by atoms with Gasteiger partial charge in [0.05, 0.1) is 13.0 Å². The monoisotopic (exact) mass is 168 g/mol. The average Bonchev–Trinajstić information content (AvgIpc) is 2.34. The van der Waals surface area contributed by atoms with Crippen molar-refractivity contribution in [1.82, 2.24) is 9.55 Å². The molecule has 5 heteroatoms. The van der Waals surface area contributed by atoms with Crippen LogP contribution in [0.25, 0.3) is 0 Å². The number of hydrogen-bond acceptors (Lipinski definition) is 4. The molecular formula is C7H12N4O. The molecular weight excluding hydrogens is 156 g/mol. The second kappa shape index (κ2) is 3.36. The number of ketones is 1. The van der Waals surface area contributed by atoms with Crippen molar-refractivity contribution < 1.29 is 4.79 Å². The fourth-order valence-corrected chi connectivity index (χ4v) is 0.993. The topological polar surface area (TPSA) is 72.9 Å². The molecule has 0 spiro atoms. The number of rotatable bonds is 3. The van der Waals surface area contributed by atoms with Crippen LogP contribution in [0.15, 0.2) is 6.33 Å². The van der Waals surface area contributed by atoms with Crippen LogP contribution in [0.1, 0.15) is 17.4 Å². The number of aromatic nitrogens is 2. The van der Waals surface area contributed by atoms with Crippen LogP contribution in [0.3, 0.4) is 0 Å². The van der Waals surface area contributed by atoms with Gasteiger partial charge in [0.15, 0.2) is 5.78 Å². The van der Waals surface area contributed by atoms with Gasteiger partial charge in [-0.05, 0) is 0 Å². The zero-order chi connectivity index (χ0) is 9.14. The molecule has 0 unspecified atom stereocenters. The predicted molar refractivity (Wildman–Crippen MR) is 45.9 cm³/mol. The van der Waals surface area contributed by atoms with Gasteiger partial charge in [0.1, 0.15) is 11.5 Å². The molecule has 66 valence electrons. The van der Waals surface area contributed by atoms with E-state index in [1.165, 1.54) is 6.92 Å². The molecule has 1 rings (SSSR count). The molecule has 0 radical (unpaired) electrons. The van der Waals surface area contributed by atoms with Gasteiger partial charge < -0.3 is 15.6 Å². The Kier molecular flexibility index (Phi) is 2.44. The molecule has 0 bridgehead atoms. The summed E-state index contributed by atoms with van der Waals surface area (Å²) in [6.07, 6.45) is 1.58. The van der Waals surface area contributed by atoms with Gasteiger partial charge in [-0.2, -0.15) is 0 Å². The lowest BCUT2D eigenvalue weighted by molar-refractivity contribution is 0.101. The SMILES string of the molecule is CC(=O)c1ncn(C)c1NCN. The molecule has 1 aromatic heterocycles. The van der Waals surface area contributed by atoms with Crippen LogP contribution in [0, 0.1) is 0 Å². The number of nitrogens with two attached hydrogens (primary N) is 1. The fourth-order valence-electron chi connectivity index (χ4n) is 0.993. The molecule has 0 fully saturated rings. The summed E-state index contributed by atoms with van der Waals surface area (Å²) in [6, 6.07) is 0. The number of nitrogens with one attached hydrogen (secondary N) is 1. The summed E-state index contributed by atoms with van der Waals surface area (Å²) in [6.45, 7) is 1.77. The standard InChI is InChI=1S/C7H12N4O/c1-5(12)6-7(9-3-8)11(2)4-10-6/h4,9H,3,8H2,1-2H3. The highest BCUT2D eigenvalue weighted by atomic mass is 16.1. The van der Waals surface area contributed by atoms with Crippen molar-refractivity contribution in [2.24, 2.45) is 12.8 Å². The lowest BCUT2D eigenvalue weighted by Crippen LogP contribution is -2.15. The van der Waals surface area contributed by atoms with Crippen molar-refractivity contribution >= 4 is 11.6 Å². The van der Waals surface area contributed by atoms with Gasteiger partial charge >= 0.3 is 0 Å². The van der Waals surface area contributed by atoms with E-state index in [1.54, 1.807) is 17.9 Å². The van der Waals surface area contributed by atoms with Gasteiger partial charge in [-0.25, -0.2) is 4.98 Å². The Morgan fingerprint density at radius 3 is 3.00 bits per heavy atom. The van der Waals surface area contributed by atoms with E-state index in [-0.39, 0.29) is 5.78 Å². The number of anilines is 1. The summed E-state index contributed by atoms with van der Waals surface area (Å²) in [5.41, 5.74) is 5.73. The summed E-state index contributed by atoms with van der Waals surface area (Å²) in [5.74, 6) is 0.608. The van der Waals surface area contributed by atoms with Gasteiger partial charge in [-0.3, -0.25) is 4.79 Å². The van der Waals surface area contributed by atoms with Crippen LogP contribution in [0.5, 0.6) is 0 Å². The Morgan fingerprint density at radius 2 is 2.50 bits per heavy atom. The normalized spacial score (nSPS) is 9.92. The van der Waals surface area contributed by atoms with E-state index < -0.39 is 0 Å². The maximum Gasteiger partial charge on any atom is 0.181 e. The first kappa shape index (κ1) is 8.73. The maximum absolute atomic E-state index is 11.0. The number of Topliss-reactive ketones (excluding diaryl/α,β-unsaturated/α-hetero) is 1. The molecule has 0 atom stereocenters. The van der Waals surface area contributed by atoms with E-state index >= 15 is 0 Å². The van der Waals surface area contributed by atoms with Crippen LogP contribution in [-0.4, -0.2) is 22.0 Å². The van der Waals surface area contributed by atoms with Gasteiger partial charge in [-0.15, -0.1) is 0 Å². The summed E-state index contributed by atoms with van der Waals surface area (Å²) < 4.78 is 1.73. The maximum atomic E-state index is 11.0. The zero-order valence-corrected chi connectivity index (χ0v) is 7.16. The van der Waals surface area contributed by atoms with Crippen LogP contribution < -0.4 is 11.1 Å². The van der Waals surface area contributed by atoms with Crippen molar-refractivity contribution in [1.29, 1.82) is 0 Å². The molecule has 0 aromatic carbocycles. The predicted octanol–water partition coefficient (Wildman–Crippen LogP) is -0.0492. The first-order valence-corrected chi connectivity index (χ1v) is 3.63. The van der Waals surface area contributed by atoms with Gasteiger partial charge in [-0.1, -0.05) is 0 Å². The third-order valence-electron chi connectivity index (χ3n) is 1.54. The lowest BCUT2D eigenvalue weighted by Gasteiger charge is -2.04. The number of nitrogens with zero attached hydrogens (tertiary/aromatic N) is 2. The quantitative estimate of drug-likeness (QED) is 0.490. The van der Waals surface area contributed by atoms with Crippen molar-refractivity contribution in [3.63, 3.8) is 0 Å². The molecule has 0 aliphatic rings. The van der Waals surface area contributed by atoms with Crippen LogP contribution in [-0.2, 0) is 7.05 Å². The lowest BCUT2D eigenvalue weighted by atomic mass is 10.3. The molecule has 5 nitrogen and oxygen atoms in total. The van der Waals surface area contributed by atoms with E-state index in [4.69, 9.17) is 5.73 Å². The smallest absolute Gasteiger partial charge is 0.181 e.